The minimum Gasteiger partial charge on any atom is -0.370 e. The Morgan fingerprint density at radius 2 is 2.45 bits per heavy atom. The van der Waals surface area contributed by atoms with E-state index in [1.54, 1.807) is 12.5 Å². The number of nitrogens with zero attached hydrogens (tertiary/aromatic N) is 2. The first kappa shape index (κ1) is 7.98. The first-order valence-corrected chi connectivity index (χ1v) is 3.93. The molecule has 3 heteroatoms. The number of rotatable bonds is 4. The monoisotopic (exact) mass is 151 g/mol. The number of nitrogens with one attached hydrogen (secondary N) is 1. The molecule has 1 aromatic heterocycles. The number of hydrogen-bond donors (Lipinski definition) is 1. The predicted molar refractivity (Wildman–Crippen MR) is 45.4 cm³/mol. The summed E-state index contributed by atoms with van der Waals surface area (Å²) in [4.78, 5) is 7.85. The molecule has 1 rings (SSSR count). The maximum atomic E-state index is 4.03. The molecule has 11 heavy (non-hydrogen) atoms. The Labute approximate surface area is 66.9 Å². The molecular weight excluding hydrogens is 138 g/mol. The van der Waals surface area contributed by atoms with Crippen LogP contribution < -0.4 is 5.32 Å². The van der Waals surface area contributed by atoms with Crippen molar-refractivity contribution in [3.63, 3.8) is 0 Å². The lowest BCUT2D eigenvalue weighted by molar-refractivity contribution is 0.830. The fourth-order valence-electron chi connectivity index (χ4n) is 0.788. The lowest BCUT2D eigenvalue weighted by Gasteiger charge is -2.01. The van der Waals surface area contributed by atoms with E-state index in [1.165, 1.54) is 12.8 Å². The van der Waals surface area contributed by atoms with Crippen LogP contribution >= 0.6 is 0 Å². The van der Waals surface area contributed by atoms with E-state index >= 15 is 0 Å². The predicted octanol–water partition coefficient (Wildman–Crippen LogP) is 1.69. The van der Waals surface area contributed by atoms with E-state index in [4.69, 9.17) is 0 Å². The molecule has 0 fully saturated rings. The minimum atomic E-state index is 0.911. The van der Waals surface area contributed by atoms with Crippen LogP contribution in [0.2, 0.25) is 0 Å². The van der Waals surface area contributed by atoms with Gasteiger partial charge in [-0.15, -0.1) is 0 Å². The van der Waals surface area contributed by atoms with Gasteiger partial charge in [-0.05, 0) is 12.5 Å². The summed E-state index contributed by atoms with van der Waals surface area (Å²) < 4.78 is 0. The lowest BCUT2D eigenvalue weighted by atomic mass is 10.3. The summed E-state index contributed by atoms with van der Waals surface area (Å²) in [5, 5.41) is 3.19. The van der Waals surface area contributed by atoms with Crippen LogP contribution in [0.15, 0.2) is 18.6 Å². The summed E-state index contributed by atoms with van der Waals surface area (Å²) in [6, 6.07) is 1.87. The molecule has 0 spiro atoms. The van der Waals surface area contributed by atoms with Crippen molar-refractivity contribution in [2.24, 2.45) is 0 Å². The van der Waals surface area contributed by atoms with Gasteiger partial charge in [0.25, 0.3) is 0 Å². The third kappa shape index (κ3) is 2.98. The third-order valence-electron chi connectivity index (χ3n) is 1.42. The second-order valence-corrected chi connectivity index (χ2v) is 2.37. The fourth-order valence-corrected chi connectivity index (χ4v) is 0.788. The molecule has 0 aliphatic rings. The van der Waals surface area contributed by atoms with Crippen LogP contribution in [0.5, 0.6) is 0 Å². The van der Waals surface area contributed by atoms with Crippen LogP contribution in [0.25, 0.3) is 0 Å². The molecule has 1 aromatic rings. The average Bonchev–Trinajstić information content (AvgIpc) is 2.07. The molecule has 0 aromatic carbocycles. The van der Waals surface area contributed by atoms with Gasteiger partial charge in [0, 0.05) is 12.7 Å². The minimum absolute atomic E-state index is 0.911. The van der Waals surface area contributed by atoms with E-state index < -0.39 is 0 Å². The van der Waals surface area contributed by atoms with E-state index in [2.05, 4.69) is 22.2 Å². The third-order valence-corrected chi connectivity index (χ3v) is 1.42. The normalized spacial score (nSPS) is 9.55. The van der Waals surface area contributed by atoms with Crippen LogP contribution in [0.4, 0.5) is 5.82 Å². The standard InChI is InChI=1S/C8H13N3/c1-2-3-5-10-8-4-6-9-7-11-8/h4,6-7H,2-3,5H2,1H3,(H,9,10,11). The lowest BCUT2D eigenvalue weighted by Crippen LogP contribution is -2.02. The van der Waals surface area contributed by atoms with Gasteiger partial charge in [0.15, 0.2) is 0 Å². The summed E-state index contributed by atoms with van der Waals surface area (Å²) >= 11 is 0. The Morgan fingerprint density at radius 3 is 3.09 bits per heavy atom. The van der Waals surface area contributed by atoms with Gasteiger partial charge in [-0.25, -0.2) is 9.97 Å². The summed E-state index contributed by atoms with van der Waals surface area (Å²) in [5.74, 6) is 0.911. The van der Waals surface area contributed by atoms with Crippen LogP contribution in [-0.4, -0.2) is 16.5 Å². The van der Waals surface area contributed by atoms with Gasteiger partial charge >= 0.3 is 0 Å². The molecular formula is C8H13N3. The quantitative estimate of drug-likeness (QED) is 0.665. The molecule has 0 atom stereocenters. The molecule has 0 aliphatic heterocycles. The van der Waals surface area contributed by atoms with Gasteiger partial charge in [-0.2, -0.15) is 0 Å². The van der Waals surface area contributed by atoms with Crippen LogP contribution in [-0.2, 0) is 0 Å². The highest BCUT2D eigenvalue weighted by atomic mass is 15.0. The van der Waals surface area contributed by atoms with Crippen LogP contribution in [0, 0.1) is 0 Å². The molecule has 1 N–H and O–H groups in total. The number of aromatic nitrogens is 2. The molecule has 3 nitrogen and oxygen atoms in total. The topological polar surface area (TPSA) is 37.8 Å². The summed E-state index contributed by atoms with van der Waals surface area (Å²) in [7, 11) is 0. The van der Waals surface area contributed by atoms with Crippen molar-refractivity contribution in [3.05, 3.63) is 18.6 Å². The molecule has 0 saturated carbocycles. The van der Waals surface area contributed by atoms with E-state index in [9.17, 15) is 0 Å². The van der Waals surface area contributed by atoms with Gasteiger partial charge < -0.3 is 5.32 Å². The molecule has 0 bridgehead atoms. The number of anilines is 1. The second kappa shape index (κ2) is 4.66. The highest BCUT2D eigenvalue weighted by Gasteiger charge is 1.88. The maximum absolute atomic E-state index is 4.03. The molecule has 0 saturated heterocycles. The zero-order chi connectivity index (χ0) is 7.94. The van der Waals surface area contributed by atoms with Gasteiger partial charge in [0.2, 0.25) is 0 Å². The largest absolute Gasteiger partial charge is 0.370 e. The first-order valence-electron chi connectivity index (χ1n) is 3.93. The first-order chi connectivity index (χ1) is 5.43. The van der Waals surface area contributed by atoms with E-state index in [0.29, 0.717) is 0 Å². The SMILES string of the molecule is CCCCNc1ccncn1. The Bertz CT molecular complexity index is 186. The van der Waals surface area contributed by atoms with E-state index in [0.717, 1.165) is 12.4 Å². The Balaban J connectivity index is 2.28. The van der Waals surface area contributed by atoms with Crippen molar-refractivity contribution in [1.29, 1.82) is 0 Å². The van der Waals surface area contributed by atoms with E-state index in [1.807, 2.05) is 6.07 Å². The smallest absolute Gasteiger partial charge is 0.129 e. The maximum Gasteiger partial charge on any atom is 0.129 e. The zero-order valence-electron chi connectivity index (χ0n) is 6.75. The van der Waals surface area contributed by atoms with Crippen molar-refractivity contribution < 1.29 is 0 Å². The molecule has 0 amide bonds. The zero-order valence-corrected chi connectivity index (χ0v) is 6.75. The second-order valence-electron chi connectivity index (χ2n) is 2.37. The van der Waals surface area contributed by atoms with Crippen molar-refractivity contribution in [3.8, 4) is 0 Å². The Morgan fingerprint density at radius 1 is 1.55 bits per heavy atom. The average molecular weight is 151 g/mol. The van der Waals surface area contributed by atoms with Crippen molar-refractivity contribution in [1.82, 2.24) is 9.97 Å². The molecule has 60 valence electrons. The van der Waals surface area contributed by atoms with Gasteiger partial charge in [0.1, 0.15) is 12.1 Å². The Hall–Kier alpha value is -1.12. The van der Waals surface area contributed by atoms with Crippen LogP contribution in [0.1, 0.15) is 19.8 Å². The molecule has 0 unspecified atom stereocenters. The highest BCUT2D eigenvalue weighted by Crippen LogP contribution is 1.97. The number of unbranched alkanes of at least 4 members (excludes halogenated alkanes) is 1. The highest BCUT2D eigenvalue weighted by molar-refractivity contribution is 5.30. The molecule has 1 heterocycles. The molecule has 0 aliphatic carbocycles. The number of hydrogen-bond acceptors (Lipinski definition) is 3. The summed E-state index contributed by atoms with van der Waals surface area (Å²) in [6.07, 6.45) is 5.68. The summed E-state index contributed by atoms with van der Waals surface area (Å²) in [6.45, 7) is 3.16. The van der Waals surface area contributed by atoms with Gasteiger partial charge in [-0.3, -0.25) is 0 Å². The Kier molecular flexibility index (Phi) is 3.38. The van der Waals surface area contributed by atoms with Gasteiger partial charge in [-0.1, -0.05) is 13.3 Å². The molecule has 0 radical (unpaired) electrons. The van der Waals surface area contributed by atoms with Crippen molar-refractivity contribution >= 4 is 5.82 Å². The van der Waals surface area contributed by atoms with Gasteiger partial charge in [0.05, 0.1) is 0 Å². The van der Waals surface area contributed by atoms with Crippen molar-refractivity contribution in [2.75, 3.05) is 11.9 Å². The summed E-state index contributed by atoms with van der Waals surface area (Å²) in [5.41, 5.74) is 0. The van der Waals surface area contributed by atoms with Crippen molar-refractivity contribution in [2.45, 2.75) is 19.8 Å². The fraction of sp³-hybridized carbons (Fsp3) is 0.500. The van der Waals surface area contributed by atoms with Crippen LogP contribution in [0.3, 0.4) is 0 Å². The van der Waals surface area contributed by atoms with E-state index in [-0.39, 0.29) is 0 Å².